The number of nitrogen functional groups attached to an aromatic ring is 1. The summed E-state index contributed by atoms with van der Waals surface area (Å²) in [7, 11) is 0. The summed E-state index contributed by atoms with van der Waals surface area (Å²) >= 11 is 0. The van der Waals surface area contributed by atoms with Crippen molar-refractivity contribution in [2.75, 3.05) is 12.3 Å². The first-order valence-electron chi connectivity index (χ1n) is 7.95. The molecule has 0 unspecified atom stereocenters. The fourth-order valence-corrected chi connectivity index (χ4v) is 2.95. The SMILES string of the molecule is CC(C)(C)OC(=O)N1CCC[C@H]1Cn1c(=O)[nH]c2c(N)ncnc21. The Kier molecular flexibility index (Phi) is 3.94. The zero-order valence-electron chi connectivity index (χ0n) is 14.1. The largest absolute Gasteiger partial charge is 0.444 e. The van der Waals surface area contributed by atoms with Crippen LogP contribution < -0.4 is 11.4 Å². The second-order valence-corrected chi connectivity index (χ2v) is 6.97. The molecule has 0 aromatic carbocycles. The van der Waals surface area contributed by atoms with E-state index < -0.39 is 5.60 Å². The Hall–Kier alpha value is -2.58. The van der Waals surface area contributed by atoms with E-state index in [0.29, 0.717) is 24.3 Å². The van der Waals surface area contributed by atoms with Gasteiger partial charge in [0.25, 0.3) is 0 Å². The van der Waals surface area contributed by atoms with E-state index in [0.717, 1.165) is 12.8 Å². The summed E-state index contributed by atoms with van der Waals surface area (Å²) in [5.74, 6) is 0.228. The molecule has 1 amide bonds. The number of carbonyl (C=O) groups is 1. The van der Waals surface area contributed by atoms with Gasteiger partial charge in [-0.15, -0.1) is 0 Å². The third kappa shape index (κ3) is 3.06. The molecule has 0 aliphatic carbocycles. The third-order valence-corrected chi connectivity index (χ3v) is 3.99. The number of amides is 1. The normalized spacial score (nSPS) is 18.3. The molecule has 0 bridgehead atoms. The molecule has 1 atom stereocenters. The van der Waals surface area contributed by atoms with Crippen LogP contribution in [0.25, 0.3) is 11.2 Å². The summed E-state index contributed by atoms with van der Waals surface area (Å²) in [5.41, 5.74) is 5.78. The summed E-state index contributed by atoms with van der Waals surface area (Å²) in [6, 6.07) is -0.118. The Morgan fingerprint density at radius 2 is 2.21 bits per heavy atom. The van der Waals surface area contributed by atoms with E-state index >= 15 is 0 Å². The number of anilines is 1. The fraction of sp³-hybridized carbons (Fsp3) is 0.600. The van der Waals surface area contributed by atoms with E-state index in [9.17, 15) is 9.59 Å². The second-order valence-electron chi connectivity index (χ2n) is 6.97. The van der Waals surface area contributed by atoms with Crippen LogP contribution >= 0.6 is 0 Å². The van der Waals surface area contributed by atoms with Crippen LogP contribution in [-0.4, -0.2) is 48.7 Å². The number of H-pyrrole nitrogens is 1. The van der Waals surface area contributed by atoms with Crippen LogP contribution in [0.1, 0.15) is 33.6 Å². The maximum atomic E-state index is 12.4. The number of imidazole rings is 1. The average Bonchev–Trinajstić information content (AvgIpc) is 3.05. The first-order chi connectivity index (χ1) is 11.3. The second kappa shape index (κ2) is 5.81. The summed E-state index contributed by atoms with van der Waals surface area (Å²) in [4.78, 5) is 37.0. The van der Waals surface area contributed by atoms with Crippen LogP contribution in [0.4, 0.5) is 10.6 Å². The van der Waals surface area contributed by atoms with Crippen LogP contribution in [0.5, 0.6) is 0 Å². The fourth-order valence-electron chi connectivity index (χ4n) is 2.95. The maximum absolute atomic E-state index is 12.4. The van der Waals surface area contributed by atoms with Crippen LogP contribution in [0.15, 0.2) is 11.1 Å². The molecular weight excluding hydrogens is 312 g/mol. The van der Waals surface area contributed by atoms with Gasteiger partial charge >= 0.3 is 11.8 Å². The molecule has 1 aliphatic rings. The lowest BCUT2D eigenvalue weighted by molar-refractivity contribution is 0.0214. The van der Waals surface area contributed by atoms with E-state index in [4.69, 9.17) is 10.5 Å². The highest BCUT2D eigenvalue weighted by Gasteiger charge is 2.33. The van der Waals surface area contributed by atoms with Crippen molar-refractivity contribution < 1.29 is 9.53 Å². The number of fused-ring (bicyclic) bond motifs is 1. The number of nitrogens with zero attached hydrogens (tertiary/aromatic N) is 4. The number of rotatable bonds is 2. The highest BCUT2D eigenvalue weighted by Crippen LogP contribution is 2.23. The highest BCUT2D eigenvalue weighted by molar-refractivity contribution is 5.81. The van der Waals surface area contributed by atoms with Gasteiger partial charge in [-0.3, -0.25) is 4.57 Å². The van der Waals surface area contributed by atoms with Crippen molar-refractivity contribution in [1.82, 2.24) is 24.4 Å². The van der Waals surface area contributed by atoms with Crippen molar-refractivity contribution in [2.24, 2.45) is 0 Å². The monoisotopic (exact) mass is 334 g/mol. The molecule has 2 aromatic rings. The maximum Gasteiger partial charge on any atom is 0.410 e. The Bertz CT molecular complexity index is 819. The van der Waals surface area contributed by atoms with Gasteiger partial charge in [-0.1, -0.05) is 0 Å². The average molecular weight is 334 g/mol. The molecule has 1 saturated heterocycles. The molecule has 3 heterocycles. The predicted octanol–water partition coefficient (Wildman–Crippen LogP) is 1.10. The Morgan fingerprint density at radius 3 is 2.92 bits per heavy atom. The molecule has 0 radical (unpaired) electrons. The number of hydrogen-bond donors (Lipinski definition) is 2. The highest BCUT2D eigenvalue weighted by atomic mass is 16.6. The van der Waals surface area contributed by atoms with Gasteiger partial charge in [-0.05, 0) is 33.6 Å². The molecule has 0 saturated carbocycles. The molecule has 9 heteroatoms. The molecule has 1 fully saturated rings. The minimum Gasteiger partial charge on any atom is -0.444 e. The van der Waals surface area contributed by atoms with E-state index in [1.807, 2.05) is 20.8 Å². The number of aromatic nitrogens is 4. The Balaban J connectivity index is 1.85. The summed E-state index contributed by atoms with van der Waals surface area (Å²) < 4.78 is 6.95. The van der Waals surface area contributed by atoms with E-state index in [-0.39, 0.29) is 23.6 Å². The number of nitrogens with two attached hydrogens (primary N) is 1. The van der Waals surface area contributed by atoms with Crippen molar-refractivity contribution in [2.45, 2.75) is 51.8 Å². The molecular formula is C15H22N6O3. The molecule has 24 heavy (non-hydrogen) atoms. The summed E-state index contributed by atoms with van der Waals surface area (Å²) in [5, 5.41) is 0. The van der Waals surface area contributed by atoms with Crippen molar-refractivity contribution >= 4 is 23.1 Å². The zero-order valence-corrected chi connectivity index (χ0v) is 14.1. The first kappa shape index (κ1) is 16.3. The number of hydrogen-bond acceptors (Lipinski definition) is 6. The van der Waals surface area contributed by atoms with Gasteiger partial charge < -0.3 is 20.4 Å². The minimum atomic E-state index is -0.552. The van der Waals surface area contributed by atoms with Gasteiger partial charge in [0.2, 0.25) is 0 Å². The topological polar surface area (TPSA) is 119 Å². The number of nitrogens with one attached hydrogen (secondary N) is 1. The van der Waals surface area contributed by atoms with Crippen LogP contribution in [0.2, 0.25) is 0 Å². The number of likely N-dealkylation sites (tertiary alicyclic amines) is 1. The quantitative estimate of drug-likeness (QED) is 0.849. The van der Waals surface area contributed by atoms with Crippen LogP contribution in [-0.2, 0) is 11.3 Å². The first-order valence-corrected chi connectivity index (χ1v) is 7.95. The molecule has 0 spiro atoms. The van der Waals surface area contributed by atoms with Crippen molar-refractivity contribution in [1.29, 1.82) is 0 Å². The van der Waals surface area contributed by atoms with E-state index in [2.05, 4.69) is 15.0 Å². The van der Waals surface area contributed by atoms with Gasteiger partial charge in [0, 0.05) is 13.1 Å². The van der Waals surface area contributed by atoms with Gasteiger partial charge in [0.1, 0.15) is 17.4 Å². The lowest BCUT2D eigenvalue weighted by Crippen LogP contribution is -2.42. The smallest absolute Gasteiger partial charge is 0.410 e. The molecule has 9 nitrogen and oxygen atoms in total. The van der Waals surface area contributed by atoms with Crippen LogP contribution in [0, 0.1) is 0 Å². The minimum absolute atomic E-state index is 0.118. The number of aromatic amines is 1. The lowest BCUT2D eigenvalue weighted by atomic mass is 10.2. The van der Waals surface area contributed by atoms with Gasteiger partial charge in [-0.25, -0.2) is 19.6 Å². The third-order valence-electron chi connectivity index (χ3n) is 3.99. The molecule has 3 N–H and O–H groups in total. The van der Waals surface area contributed by atoms with Crippen molar-refractivity contribution in [3.63, 3.8) is 0 Å². The van der Waals surface area contributed by atoms with Crippen molar-refractivity contribution in [3.8, 4) is 0 Å². The number of ether oxygens (including phenoxy) is 1. The Morgan fingerprint density at radius 1 is 1.46 bits per heavy atom. The molecule has 1 aliphatic heterocycles. The lowest BCUT2D eigenvalue weighted by Gasteiger charge is -2.28. The van der Waals surface area contributed by atoms with Gasteiger partial charge in [-0.2, -0.15) is 0 Å². The van der Waals surface area contributed by atoms with E-state index in [1.54, 1.807) is 4.90 Å². The number of carbonyl (C=O) groups excluding carboxylic acids is 1. The van der Waals surface area contributed by atoms with E-state index in [1.165, 1.54) is 10.9 Å². The standard InChI is InChI=1S/C15H22N6O3/c1-15(2,3)24-14(23)20-6-4-5-9(20)7-21-12-10(19-13(21)22)11(16)17-8-18-12/h8-9H,4-7H2,1-3H3,(H,19,22)(H2,16,17,18)/t9-/m0/s1. The molecule has 2 aromatic heterocycles. The predicted molar refractivity (Wildman–Crippen MR) is 88.5 cm³/mol. The molecule has 3 rings (SSSR count). The molecule has 130 valence electrons. The Labute approximate surface area is 138 Å². The van der Waals surface area contributed by atoms with Crippen molar-refractivity contribution in [3.05, 3.63) is 16.8 Å². The van der Waals surface area contributed by atoms with Crippen LogP contribution in [0.3, 0.4) is 0 Å². The summed E-state index contributed by atoms with van der Waals surface area (Å²) in [6.07, 6.45) is 2.64. The zero-order chi connectivity index (χ0) is 17.5. The summed E-state index contributed by atoms with van der Waals surface area (Å²) in [6.45, 7) is 6.46. The van der Waals surface area contributed by atoms with Gasteiger partial charge in [0.05, 0.1) is 6.04 Å². The van der Waals surface area contributed by atoms with Gasteiger partial charge in [0.15, 0.2) is 11.5 Å².